The van der Waals surface area contributed by atoms with E-state index in [0.29, 0.717) is 24.3 Å². The van der Waals surface area contributed by atoms with Crippen molar-refractivity contribution in [3.05, 3.63) is 52.0 Å². The number of likely N-dealkylation sites (N-methyl/N-ethyl adjacent to an activating group) is 2. The van der Waals surface area contributed by atoms with Crippen LogP contribution in [0, 0.1) is 11.8 Å². The van der Waals surface area contributed by atoms with Crippen LogP contribution in [0.1, 0.15) is 106 Å². The van der Waals surface area contributed by atoms with Gasteiger partial charge in [0.15, 0.2) is 6.10 Å². The van der Waals surface area contributed by atoms with Crippen LogP contribution in [0.4, 0.5) is 0 Å². The van der Waals surface area contributed by atoms with Crippen LogP contribution in [0.3, 0.4) is 0 Å². The second-order valence-electron chi connectivity index (χ2n) is 14.4. The molecule has 1 aliphatic carbocycles. The number of ether oxygens (including phenoxy) is 1. The van der Waals surface area contributed by atoms with Crippen molar-refractivity contribution in [3.8, 4) is 0 Å². The van der Waals surface area contributed by atoms with E-state index in [4.69, 9.17) is 4.74 Å². The molecule has 3 N–H and O–H groups in total. The number of piperidine rings is 1. The standard InChI is InChI=1S/C37H53N5O7S/c1-23(2)30(42(6)36(48)37(16-12-17-37)40-33(45)29-15-10-11-18-41(29)5)21-31(49-25(4)43)34-39-28(22-50-34)32(44)38-27(19-24(3)35(46)47)20-26-13-8-7-9-14-26/h7-9,13-14,22-24,27,29-31H,10-12,15-21H2,1-6H3,(H,38,44)(H,40,45)(H,46,47)/t24?,27?,29-,30?,31?/m1/s1. The highest BCUT2D eigenvalue weighted by Gasteiger charge is 2.49. The van der Waals surface area contributed by atoms with Crippen molar-refractivity contribution in [1.29, 1.82) is 0 Å². The minimum atomic E-state index is -0.963. The molecule has 0 radical (unpaired) electrons. The van der Waals surface area contributed by atoms with Gasteiger partial charge in [-0.25, -0.2) is 4.98 Å². The molecule has 12 nitrogen and oxygen atoms in total. The predicted octanol–water partition coefficient (Wildman–Crippen LogP) is 4.60. The molecule has 1 saturated heterocycles. The number of nitrogens with one attached hydrogen (secondary N) is 2. The number of carbonyl (C=O) groups excluding carboxylic acids is 4. The van der Waals surface area contributed by atoms with E-state index < -0.39 is 41.4 Å². The molecule has 2 aliphatic rings. The van der Waals surface area contributed by atoms with Crippen LogP contribution in [0.15, 0.2) is 35.7 Å². The molecule has 1 aromatic carbocycles. The fourth-order valence-electron chi connectivity index (χ4n) is 7.05. The molecule has 2 aromatic rings. The quantitative estimate of drug-likeness (QED) is 0.212. The Kier molecular flexibility index (Phi) is 13.5. The number of hydrogen-bond donors (Lipinski definition) is 3. The molecule has 274 valence electrons. The van der Waals surface area contributed by atoms with E-state index in [1.807, 2.05) is 51.2 Å². The molecule has 4 unspecified atom stereocenters. The number of hydrogen-bond acceptors (Lipinski definition) is 9. The lowest BCUT2D eigenvalue weighted by Gasteiger charge is -2.47. The first-order chi connectivity index (χ1) is 23.7. The van der Waals surface area contributed by atoms with Gasteiger partial charge in [-0.1, -0.05) is 57.5 Å². The molecule has 1 aliphatic heterocycles. The lowest BCUT2D eigenvalue weighted by atomic mass is 9.74. The summed E-state index contributed by atoms with van der Waals surface area (Å²) in [5, 5.41) is 17.7. The largest absolute Gasteiger partial charge is 0.481 e. The Labute approximate surface area is 299 Å². The van der Waals surface area contributed by atoms with E-state index in [2.05, 4.69) is 20.5 Å². The van der Waals surface area contributed by atoms with E-state index in [9.17, 15) is 29.1 Å². The Morgan fingerprint density at radius 1 is 1.08 bits per heavy atom. The van der Waals surface area contributed by atoms with Gasteiger partial charge >= 0.3 is 11.9 Å². The van der Waals surface area contributed by atoms with Crippen molar-refractivity contribution in [1.82, 2.24) is 25.4 Å². The third-order valence-corrected chi connectivity index (χ3v) is 11.1. The van der Waals surface area contributed by atoms with Crippen LogP contribution >= 0.6 is 11.3 Å². The molecule has 2 heterocycles. The third-order valence-electron chi connectivity index (χ3n) is 10.2. The van der Waals surface area contributed by atoms with Crippen molar-refractivity contribution in [2.75, 3.05) is 20.6 Å². The summed E-state index contributed by atoms with van der Waals surface area (Å²) in [6, 6.07) is 8.47. The summed E-state index contributed by atoms with van der Waals surface area (Å²) in [7, 11) is 3.69. The average molecular weight is 712 g/mol. The number of carboxylic acid groups (broad SMARTS) is 1. The van der Waals surface area contributed by atoms with Gasteiger partial charge in [0.2, 0.25) is 11.8 Å². The number of rotatable bonds is 16. The van der Waals surface area contributed by atoms with Gasteiger partial charge in [-0.05, 0) is 70.0 Å². The minimum Gasteiger partial charge on any atom is -0.481 e. The van der Waals surface area contributed by atoms with E-state index in [-0.39, 0.29) is 48.4 Å². The van der Waals surface area contributed by atoms with Crippen molar-refractivity contribution in [3.63, 3.8) is 0 Å². The van der Waals surface area contributed by atoms with E-state index in [1.54, 1.807) is 24.3 Å². The molecule has 1 saturated carbocycles. The number of aromatic nitrogens is 1. The highest BCUT2D eigenvalue weighted by Crippen LogP contribution is 2.37. The number of likely N-dealkylation sites (tertiary alicyclic amines) is 1. The summed E-state index contributed by atoms with van der Waals surface area (Å²) in [6.07, 6.45) is 4.89. The minimum absolute atomic E-state index is 0.0305. The van der Waals surface area contributed by atoms with Crippen LogP contribution < -0.4 is 10.6 Å². The van der Waals surface area contributed by atoms with Crippen LogP contribution in [-0.2, 0) is 30.3 Å². The second-order valence-corrected chi connectivity index (χ2v) is 15.3. The summed E-state index contributed by atoms with van der Waals surface area (Å²) >= 11 is 1.19. The fraction of sp³-hybridized carbons (Fsp3) is 0.622. The van der Waals surface area contributed by atoms with Gasteiger partial charge in [0.05, 0.1) is 12.0 Å². The van der Waals surface area contributed by atoms with Gasteiger partial charge < -0.3 is 25.4 Å². The normalized spacial score (nSPS) is 19.7. The van der Waals surface area contributed by atoms with Gasteiger partial charge in [-0.15, -0.1) is 11.3 Å². The molecule has 1 aromatic heterocycles. The summed E-state index contributed by atoms with van der Waals surface area (Å²) in [5.41, 5.74) is 0.138. The lowest BCUT2D eigenvalue weighted by Crippen LogP contribution is -2.66. The van der Waals surface area contributed by atoms with Gasteiger partial charge in [-0.3, -0.25) is 28.9 Å². The van der Waals surface area contributed by atoms with Gasteiger partial charge in [0.1, 0.15) is 16.2 Å². The molecule has 2 fully saturated rings. The first kappa shape index (κ1) is 39.0. The molecule has 4 rings (SSSR count). The van der Waals surface area contributed by atoms with Crippen molar-refractivity contribution < 1.29 is 33.8 Å². The number of nitrogens with zero attached hydrogens (tertiary/aromatic N) is 3. The van der Waals surface area contributed by atoms with Gasteiger partial charge in [-0.2, -0.15) is 0 Å². The van der Waals surface area contributed by atoms with Crippen molar-refractivity contribution in [2.24, 2.45) is 11.8 Å². The summed E-state index contributed by atoms with van der Waals surface area (Å²) in [6.45, 7) is 7.76. The monoisotopic (exact) mass is 711 g/mol. The Balaban J connectivity index is 1.49. The summed E-state index contributed by atoms with van der Waals surface area (Å²) < 4.78 is 5.76. The maximum Gasteiger partial charge on any atom is 0.306 e. The SMILES string of the molecule is CC(=O)OC(CC(C(C)C)N(C)C(=O)C1(NC(=O)[C@H]2CCCCN2C)CCC1)c1nc(C(=O)NC(Cc2ccccc2)CC(C)C(=O)O)cs1. The van der Waals surface area contributed by atoms with Crippen LogP contribution in [0.2, 0.25) is 0 Å². The molecule has 3 amide bonds. The number of carbonyl (C=O) groups is 5. The lowest BCUT2D eigenvalue weighted by molar-refractivity contribution is -0.152. The van der Waals surface area contributed by atoms with E-state index in [0.717, 1.165) is 37.8 Å². The number of amides is 3. The van der Waals surface area contributed by atoms with Crippen LogP contribution in [-0.4, -0.2) is 93.9 Å². The Morgan fingerprint density at radius 2 is 1.78 bits per heavy atom. The van der Waals surface area contributed by atoms with Gasteiger partial charge in [0.25, 0.3) is 5.91 Å². The number of benzene rings is 1. The predicted molar refractivity (Wildman–Crippen MR) is 190 cm³/mol. The second kappa shape index (κ2) is 17.4. The maximum absolute atomic E-state index is 14.2. The van der Waals surface area contributed by atoms with E-state index in [1.165, 1.54) is 18.3 Å². The first-order valence-corrected chi connectivity index (χ1v) is 18.6. The zero-order valence-electron chi connectivity index (χ0n) is 30.1. The first-order valence-electron chi connectivity index (χ1n) is 17.7. The van der Waals surface area contributed by atoms with Crippen LogP contribution in [0.5, 0.6) is 0 Å². The highest BCUT2D eigenvalue weighted by atomic mass is 32.1. The van der Waals surface area contributed by atoms with Crippen molar-refractivity contribution >= 4 is 41.0 Å². The van der Waals surface area contributed by atoms with E-state index >= 15 is 0 Å². The third kappa shape index (κ3) is 9.90. The zero-order valence-corrected chi connectivity index (χ0v) is 31.0. The molecule has 0 spiro atoms. The summed E-state index contributed by atoms with van der Waals surface area (Å²) in [4.78, 5) is 73.2. The molecule has 5 atom stereocenters. The molecular weight excluding hydrogens is 659 g/mol. The number of aliphatic carboxylic acids is 1. The smallest absolute Gasteiger partial charge is 0.306 e. The highest BCUT2D eigenvalue weighted by molar-refractivity contribution is 7.09. The molecule has 0 bridgehead atoms. The molecule has 13 heteroatoms. The molecular formula is C37H53N5O7S. The van der Waals surface area contributed by atoms with Gasteiger partial charge in [0, 0.05) is 37.9 Å². The topological polar surface area (TPSA) is 158 Å². The number of esters is 1. The summed E-state index contributed by atoms with van der Waals surface area (Å²) in [5.74, 6) is -2.87. The average Bonchev–Trinajstić information content (AvgIpc) is 3.55. The maximum atomic E-state index is 14.2. The van der Waals surface area contributed by atoms with Crippen molar-refractivity contribution in [2.45, 2.75) is 115 Å². The fourth-order valence-corrected chi connectivity index (χ4v) is 7.89. The Bertz CT molecular complexity index is 1490. The Hall–Kier alpha value is -3.84. The Morgan fingerprint density at radius 3 is 2.36 bits per heavy atom. The number of carboxylic acids is 1. The zero-order chi connectivity index (χ0) is 36.6. The number of thiazole rings is 1. The van der Waals surface area contributed by atoms with Crippen LogP contribution in [0.25, 0.3) is 0 Å². The molecule has 50 heavy (non-hydrogen) atoms.